The monoisotopic (exact) mass is 242 g/mol. The molecule has 1 saturated heterocycles. The average Bonchev–Trinajstić information content (AvgIpc) is 2.82. The molecule has 1 heterocycles. The van der Waals surface area contributed by atoms with Gasteiger partial charge in [-0.1, -0.05) is 28.1 Å². The van der Waals surface area contributed by atoms with Crippen LogP contribution >= 0.6 is 15.9 Å². The number of benzene rings is 1. The van der Waals surface area contributed by atoms with Gasteiger partial charge in [-0.25, -0.2) is 0 Å². The Hall–Kier alpha value is -0.380. The molecule has 0 bridgehead atoms. The van der Waals surface area contributed by atoms with Crippen molar-refractivity contribution in [3.8, 4) is 0 Å². The first-order valence-electron chi connectivity index (χ1n) is 4.27. The van der Waals surface area contributed by atoms with Crippen LogP contribution in [0.2, 0.25) is 0 Å². The van der Waals surface area contributed by atoms with Gasteiger partial charge in [0.25, 0.3) is 0 Å². The predicted octanol–water partition coefficient (Wildman–Crippen LogP) is 2.27. The minimum Gasteiger partial charge on any atom is -0.391 e. The Morgan fingerprint density at radius 3 is 2.85 bits per heavy atom. The lowest BCUT2D eigenvalue weighted by atomic mass is 10.1. The van der Waals surface area contributed by atoms with E-state index in [0.29, 0.717) is 0 Å². The number of aliphatic hydroxyl groups is 1. The number of ether oxygens (including phenoxy) is 1. The molecular weight excluding hydrogens is 232 g/mol. The second-order valence-corrected chi connectivity index (χ2v) is 4.23. The summed E-state index contributed by atoms with van der Waals surface area (Å²) in [5.74, 6) is 0. The third-order valence-corrected chi connectivity index (χ3v) is 2.67. The van der Waals surface area contributed by atoms with Crippen molar-refractivity contribution in [3.05, 3.63) is 34.3 Å². The highest BCUT2D eigenvalue weighted by Crippen LogP contribution is 2.41. The molecule has 0 aromatic heterocycles. The highest BCUT2D eigenvalue weighted by atomic mass is 79.9. The van der Waals surface area contributed by atoms with Crippen LogP contribution in [0, 0.1) is 0 Å². The van der Waals surface area contributed by atoms with Crippen LogP contribution in [0.5, 0.6) is 0 Å². The summed E-state index contributed by atoms with van der Waals surface area (Å²) in [5, 5.41) is 9.26. The Morgan fingerprint density at radius 2 is 2.31 bits per heavy atom. The number of hydrogen-bond acceptors (Lipinski definition) is 2. The molecule has 3 heteroatoms. The molecule has 0 radical (unpaired) electrons. The Bertz CT molecular complexity index is 312. The summed E-state index contributed by atoms with van der Waals surface area (Å²) in [6, 6.07) is 7.98. The lowest BCUT2D eigenvalue weighted by Crippen LogP contribution is -2.09. The van der Waals surface area contributed by atoms with Crippen molar-refractivity contribution >= 4 is 15.9 Å². The zero-order chi connectivity index (χ0) is 9.42. The molecule has 0 saturated carbocycles. The maximum Gasteiger partial charge on any atom is 0.114 e. The highest BCUT2D eigenvalue weighted by molar-refractivity contribution is 9.10. The number of hydrogen-bond donors (Lipinski definition) is 1. The van der Waals surface area contributed by atoms with E-state index in [9.17, 15) is 5.11 Å². The van der Waals surface area contributed by atoms with E-state index in [1.54, 1.807) is 6.92 Å². The Morgan fingerprint density at radius 1 is 1.54 bits per heavy atom. The molecule has 1 N–H and O–H groups in total. The SMILES string of the molecule is C[C@H](O)[C@@H]1O[C@H]1c1cccc(Br)c1. The largest absolute Gasteiger partial charge is 0.391 e. The second-order valence-electron chi connectivity index (χ2n) is 3.32. The standard InChI is InChI=1S/C10H11BrO2/c1-6(12)9-10(13-9)7-3-2-4-8(11)5-7/h2-6,9-10,12H,1H3/t6-,9-,10-/m0/s1. The molecule has 0 spiro atoms. The summed E-state index contributed by atoms with van der Waals surface area (Å²) in [7, 11) is 0. The van der Waals surface area contributed by atoms with Crippen LogP contribution in [0.1, 0.15) is 18.6 Å². The second kappa shape index (κ2) is 3.40. The predicted molar refractivity (Wildman–Crippen MR) is 53.4 cm³/mol. The first-order chi connectivity index (χ1) is 6.18. The van der Waals surface area contributed by atoms with Crippen molar-refractivity contribution in [2.75, 3.05) is 0 Å². The third-order valence-electron chi connectivity index (χ3n) is 2.18. The van der Waals surface area contributed by atoms with Gasteiger partial charge in [0.05, 0.1) is 6.10 Å². The van der Waals surface area contributed by atoms with Crippen molar-refractivity contribution in [1.82, 2.24) is 0 Å². The first-order valence-corrected chi connectivity index (χ1v) is 5.07. The summed E-state index contributed by atoms with van der Waals surface area (Å²) in [6.07, 6.45) is -0.323. The summed E-state index contributed by atoms with van der Waals surface area (Å²) < 4.78 is 6.39. The molecule has 2 rings (SSSR count). The van der Waals surface area contributed by atoms with Crippen LogP contribution in [0.25, 0.3) is 0 Å². The van der Waals surface area contributed by atoms with Crippen molar-refractivity contribution in [1.29, 1.82) is 0 Å². The maximum atomic E-state index is 9.26. The van der Waals surface area contributed by atoms with Gasteiger partial charge >= 0.3 is 0 Å². The fraction of sp³-hybridized carbons (Fsp3) is 0.400. The van der Waals surface area contributed by atoms with Gasteiger partial charge in [0.2, 0.25) is 0 Å². The molecular formula is C10H11BrO2. The van der Waals surface area contributed by atoms with Crippen LogP contribution in [0.3, 0.4) is 0 Å². The van der Waals surface area contributed by atoms with Gasteiger partial charge in [-0.15, -0.1) is 0 Å². The van der Waals surface area contributed by atoms with E-state index in [0.717, 1.165) is 10.0 Å². The molecule has 1 fully saturated rings. The molecule has 70 valence electrons. The maximum absolute atomic E-state index is 9.26. The minimum atomic E-state index is -0.385. The summed E-state index contributed by atoms with van der Waals surface area (Å²) in [5.41, 5.74) is 1.13. The summed E-state index contributed by atoms with van der Waals surface area (Å²) >= 11 is 3.40. The quantitative estimate of drug-likeness (QED) is 0.808. The van der Waals surface area contributed by atoms with Gasteiger partial charge in [-0.2, -0.15) is 0 Å². The molecule has 1 aliphatic rings. The number of halogens is 1. The fourth-order valence-corrected chi connectivity index (χ4v) is 1.86. The van der Waals surface area contributed by atoms with Crippen LogP contribution in [0.15, 0.2) is 28.7 Å². The Kier molecular flexibility index (Phi) is 2.41. The van der Waals surface area contributed by atoms with Crippen molar-refractivity contribution in [2.45, 2.75) is 25.2 Å². The van der Waals surface area contributed by atoms with E-state index in [4.69, 9.17) is 4.74 Å². The smallest absolute Gasteiger partial charge is 0.114 e. The van der Waals surface area contributed by atoms with Gasteiger partial charge in [0.1, 0.15) is 12.2 Å². The topological polar surface area (TPSA) is 32.8 Å². The summed E-state index contributed by atoms with van der Waals surface area (Å²) in [6.45, 7) is 1.75. The first kappa shape index (κ1) is 9.19. The van der Waals surface area contributed by atoms with Crippen molar-refractivity contribution in [3.63, 3.8) is 0 Å². The van der Waals surface area contributed by atoms with Gasteiger partial charge in [0, 0.05) is 4.47 Å². The molecule has 1 aliphatic heterocycles. The molecule has 13 heavy (non-hydrogen) atoms. The van der Waals surface area contributed by atoms with Gasteiger partial charge < -0.3 is 9.84 Å². The minimum absolute atomic E-state index is 0.0192. The van der Waals surface area contributed by atoms with E-state index in [-0.39, 0.29) is 18.3 Å². The highest BCUT2D eigenvalue weighted by Gasteiger charge is 2.43. The molecule has 1 aromatic carbocycles. The van der Waals surface area contributed by atoms with Crippen LogP contribution in [0.4, 0.5) is 0 Å². The van der Waals surface area contributed by atoms with Crippen molar-refractivity contribution < 1.29 is 9.84 Å². The number of aliphatic hydroxyl groups excluding tert-OH is 1. The number of epoxide rings is 1. The lowest BCUT2D eigenvalue weighted by molar-refractivity contribution is 0.152. The average molecular weight is 243 g/mol. The fourth-order valence-electron chi connectivity index (χ4n) is 1.44. The number of rotatable bonds is 2. The molecule has 2 nitrogen and oxygen atoms in total. The molecule has 0 amide bonds. The zero-order valence-electron chi connectivity index (χ0n) is 7.27. The molecule has 0 unspecified atom stereocenters. The van der Waals surface area contributed by atoms with E-state index in [1.807, 2.05) is 24.3 Å². The molecule has 3 atom stereocenters. The van der Waals surface area contributed by atoms with Crippen LogP contribution < -0.4 is 0 Å². The molecule has 1 aromatic rings. The van der Waals surface area contributed by atoms with Gasteiger partial charge in [0.15, 0.2) is 0 Å². The Labute approximate surface area is 85.7 Å². The molecule has 0 aliphatic carbocycles. The van der Waals surface area contributed by atoms with E-state index in [2.05, 4.69) is 15.9 Å². The lowest BCUT2D eigenvalue weighted by Gasteiger charge is -1.98. The van der Waals surface area contributed by atoms with Gasteiger partial charge in [-0.3, -0.25) is 0 Å². The van der Waals surface area contributed by atoms with Crippen molar-refractivity contribution in [2.24, 2.45) is 0 Å². The van der Waals surface area contributed by atoms with Crippen LogP contribution in [-0.4, -0.2) is 17.3 Å². The zero-order valence-corrected chi connectivity index (χ0v) is 8.86. The third kappa shape index (κ3) is 1.93. The van der Waals surface area contributed by atoms with Gasteiger partial charge in [-0.05, 0) is 24.6 Å². The van der Waals surface area contributed by atoms with E-state index < -0.39 is 0 Å². The van der Waals surface area contributed by atoms with E-state index in [1.165, 1.54) is 0 Å². The van der Waals surface area contributed by atoms with Crippen LogP contribution in [-0.2, 0) is 4.74 Å². The summed E-state index contributed by atoms with van der Waals surface area (Å²) in [4.78, 5) is 0. The Balaban J connectivity index is 2.12. The normalized spacial score (nSPS) is 28.5. The van der Waals surface area contributed by atoms with E-state index >= 15 is 0 Å².